The fourth-order valence-corrected chi connectivity index (χ4v) is 4.76. The van der Waals surface area contributed by atoms with Gasteiger partial charge in [-0.15, -0.1) is 0 Å². The molecule has 2 N–H and O–H groups in total. The van der Waals surface area contributed by atoms with E-state index in [1.807, 2.05) is 42.3 Å². The number of rotatable bonds is 3. The van der Waals surface area contributed by atoms with E-state index in [4.69, 9.17) is 9.90 Å². The molecule has 0 atom stereocenters. The molecule has 1 fully saturated rings. The van der Waals surface area contributed by atoms with Crippen molar-refractivity contribution in [1.82, 2.24) is 19.8 Å². The number of carboxylic acid groups (broad SMARTS) is 1. The number of fused-ring (bicyclic) bond motifs is 2. The van der Waals surface area contributed by atoms with Crippen LogP contribution in [0.15, 0.2) is 48.8 Å². The number of aromatic nitrogens is 2. The van der Waals surface area contributed by atoms with Gasteiger partial charge in [-0.2, -0.15) is 5.10 Å². The van der Waals surface area contributed by atoms with Crippen LogP contribution in [-0.2, 0) is 22.7 Å². The zero-order chi connectivity index (χ0) is 23.4. The standard InChI is InChI=1S/C24H26N4O2.CH2O2/c1-16-6-11-22-21(12-25-28(22)13-16)23(29)26-20-9-7-17(8-10-20)24(30)27-14-18-4-2-3-5-19(18)15-27;2-1-3/h2-6,11-13,17,20H,7-10,14-15H2,1H3,(H,26,29);1H,(H,2,3). The lowest BCUT2D eigenvalue weighted by Gasteiger charge is -2.30. The summed E-state index contributed by atoms with van der Waals surface area (Å²) in [7, 11) is 0. The minimum Gasteiger partial charge on any atom is -0.483 e. The number of pyridine rings is 1. The molecule has 0 unspecified atom stereocenters. The summed E-state index contributed by atoms with van der Waals surface area (Å²) < 4.78 is 1.74. The predicted octanol–water partition coefficient (Wildman–Crippen LogP) is 3.17. The van der Waals surface area contributed by atoms with Gasteiger partial charge < -0.3 is 15.3 Å². The molecule has 0 bridgehead atoms. The molecule has 0 spiro atoms. The van der Waals surface area contributed by atoms with Crippen LogP contribution in [0.1, 0.15) is 52.7 Å². The van der Waals surface area contributed by atoms with E-state index in [1.54, 1.807) is 10.7 Å². The molecule has 1 aliphatic carbocycles. The second-order valence-electron chi connectivity index (χ2n) is 8.68. The van der Waals surface area contributed by atoms with Crippen LogP contribution in [0, 0.1) is 12.8 Å². The van der Waals surface area contributed by atoms with Gasteiger partial charge in [-0.25, -0.2) is 4.52 Å². The van der Waals surface area contributed by atoms with Gasteiger partial charge in [0.05, 0.1) is 17.3 Å². The number of amides is 2. The molecule has 172 valence electrons. The summed E-state index contributed by atoms with van der Waals surface area (Å²) in [5.74, 6) is 0.236. The van der Waals surface area contributed by atoms with Crippen LogP contribution in [-0.4, -0.2) is 43.9 Å². The Morgan fingerprint density at radius 3 is 2.33 bits per heavy atom. The van der Waals surface area contributed by atoms with Gasteiger partial charge in [-0.3, -0.25) is 14.4 Å². The fourth-order valence-electron chi connectivity index (χ4n) is 4.76. The van der Waals surface area contributed by atoms with Crippen LogP contribution in [0.4, 0.5) is 0 Å². The smallest absolute Gasteiger partial charge is 0.290 e. The molecule has 33 heavy (non-hydrogen) atoms. The van der Waals surface area contributed by atoms with E-state index >= 15 is 0 Å². The van der Waals surface area contributed by atoms with Crippen molar-refractivity contribution in [2.75, 3.05) is 0 Å². The number of carbonyl (C=O) groups is 3. The minimum atomic E-state index is -0.250. The molecule has 2 amide bonds. The maximum atomic E-state index is 13.0. The maximum absolute atomic E-state index is 13.0. The quantitative estimate of drug-likeness (QED) is 0.599. The third-order valence-corrected chi connectivity index (χ3v) is 6.47. The van der Waals surface area contributed by atoms with E-state index in [0.29, 0.717) is 5.56 Å². The number of nitrogens with zero attached hydrogens (tertiary/aromatic N) is 3. The highest BCUT2D eigenvalue weighted by atomic mass is 16.3. The van der Waals surface area contributed by atoms with Crippen molar-refractivity contribution in [2.24, 2.45) is 5.92 Å². The second-order valence-corrected chi connectivity index (χ2v) is 8.68. The molecule has 2 aliphatic rings. The summed E-state index contributed by atoms with van der Waals surface area (Å²) in [4.78, 5) is 36.1. The van der Waals surface area contributed by atoms with E-state index in [9.17, 15) is 9.59 Å². The van der Waals surface area contributed by atoms with Gasteiger partial charge in [-0.1, -0.05) is 30.3 Å². The molecule has 5 rings (SSSR count). The van der Waals surface area contributed by atoms with Gasteiger partial charge in [-0.05, 0) is 55.4 Å². The molecule has 1 aliphatic heterocycles. The van der Waals surface area contributed by atoms with E-state index < -0.39 is 0 Å². The zero-order valence-corrected chi connectivity index (χ0v) is 18.6. The van der Waals surface area contributed by atoms with Crippen molar-refractivity contribution in [1.29, 1.82) is 0 Å². The fraction of sp³-hybridized carbons (Fsp3) is 0.360. The van der Waals surface area contributed by atoms with Crippen LogP contribution in [0.5, 0.6) is 0 Å². The summed E-state index contributed by atoms with van der Waals surface area (Å²) in [6, 6.07) is 12.3. The summed E-state index contributed by atoms with van der Waals surface area (Å²) in [5, 5.41) is 14.3. The Balaban J connectivity index is 0.000000821. The lowest BCUT2D eigenvalue weighted by atomic mass is 9.85. The SMILES string of the molecule is Cc1ccc2c(C(=O)NC3CCC(C(=O)N4Cc5ccccc5C4)CC3)cnn2c1.O=CO. The highest BCUT2D eigenvalue weighted by Crippen LogP contribution is 2.30. The van der Waals surface area contributed by atoms with Crippen LogP contribution in [0.3, 0.4) is 0 Å². The summed E-state index contributed by atoms with van der Waals surface area (Å²) in [5.41, 5.74) is 5.03. The largest absolute Gasteiger partial charge is 0.483 e. The zero-order valence-electron chi connectivity index (χ0n) is 18.6. The number of nitrogens with one attached hydrogen (secondary N) is 1. The Morgan fingerprint density at radius 2 is 1.70 bits per heavy atom. The average Bonchev–Trinajstić information content (AvgIpc) is 3.43. The molecule has 3 heterocycles. The van der Waals surface area contributed by atoms with Gasteiger partial charge in [0.15, 0.2) is 0 Å². The topological polar surface area (TPSA) is 104 Å². The van der Waals surface area contributed by atoms with Gasteiger partial charge in [0, 0.05) is 31.2 Å². The lowest BCUT2D eigenvalue weighted by molar-refractivity contribution is -0.137. The van der Waals surface area contributed by atoms with Crippen molar-refractivity contribution < 1.29 is 19.5 Å². The van der Waals surface area contributed by atoms with Gasteiger partial charge in [0.2, 0.25) is 5.91 Å². The lowest BCUT2D eigenvalue weighted by Crippen LogP contribution is -2.41. The van der Waals surface area contributed by atoms with Gasteiger partial charge in [0.1, 0.15) is 0 Å². The van der Waals surface area contributed by atoms with Crippen molar-refractivity contribution in [2.45, 2.75) is 51.7 Å². The Kier molecular flexibility index (Phi) is 6.72. The Hall–Kier alpha value is -3.68. The van der Waals surface area contributed by atoms with E-state index in [2.05, 4.69) is 22.5 Å². The second kappa shape index (κ2) is 9.85. The van der Waals surface area contributed by atoms with Crippen molar-refractivity contribution >= 4 is 23.8 Å². The van der Waals surface area contributed by atoms with Crippen LogP contribution in [0.25, 0.3) is 5.52 Å². The van der Waals surface area contributed by atoms with Crippen LogP contribution in [0.2, 0.25) is 0 Å². The summed E-state index contributed by atoms with van der Waals surface area (Å²) in [6.07, 6.45) is 6.86. The van der Waals surface area contributed by atoms with Gasteiger partial charge >= 0.3 is 0 Å². The van der Waals surface area contributed by atoms with Crippen LogP contribution >= 0.6 is 0 Å². The molecule has 1 aromatic carbocycles. The first-order chi connectivity index (χ1) is 16.0. The average molecular weight is 449 g/mol. The molecule has 1 saturated carbocycles. The van der Waals surface area contributed by atoms with Crippen molar-refractivity contribution in [3.63, 3.8) is 0 Å². The van der Waals surface area contributed by atoms with E-state index in [-0.39, 0.29) is 30.2 Å². The first-order valence-electron chi connectivity index (χ1n) is 11.2. The Morgan fingerprint density at radius 1 is 1.06 bits per heavy atom. The highest BCUT2D eigenvalue weighted by molar-refractivity contribution is 6.00. The van der Waals surface area contributed by atoms with E-state index in [1.165, 1.54) is 11.1 Å². The molecular formula is C25H28N4O4. The van der Waals surface area contributed by atoms with Gasteiger partial charge in [0.25, 0.3) is 12.4 Å². The molecule has 8 heteroatoms. The summed E-state index contributed by atoms with van der Waals surface area (Å²) >= 11 is 0. The molecule has 3 aromatic rings. The first-order valence-corrected chi connectivity index (χ1v) is 11.2. The normalized spacial score (nSPS) is 19.4. The molecule has 8 nitrogen and oxygen atoms in total. The Bertz CT molecular complexity index is 1140. The molecule has 2 aromatic heterocycles. The van der Waals surface area contributed by atoms with Crippen LogP contribution < -0.4 is 5.32 Å². The molecule has 0 saturated heterocycles. The number of carbonyl (C=O) groups excluding carboxylic acids is 2. The van der Waals surface area contributed by atoms with Crippen molar-refractivity contribution in [3.05, 3.63) is 71.0 Å². The third-order valence-electron chi connectivity index (χ3n) is 6.47. The summed E-state index contributed by atoms with van der Waals surface area (Å²) in [6.45, 7) is 3.20. The van der Waals surface area contributed by atoms with Crippen molar-refractivity contribution in [3.8, 4) is 0 Å². The number of benzene rings is 1. The minimum absolute atomic E-state index is 0.0624. The number of aryl methyl sites for hydroxylation is 1. The monoisotopic (exact) mass is 448 g/mol. The van der Waals surface area contributed by atoms with E-state index in [0.717, 1.165) is 49.9 Å². The first kappa shape index (κ1) is 22.5. The number of hydrogen-bond donors (Lipinski definition) is 2. The molecule has 0 radical (unpaired) electrons. The predicted molar refractivity (Wildman–Crippen MR) is 123 cm³/mol. The number of hydrogen-bond acceptors (Lipinski definition) is 4. The third kappa shape index (κ3) is 4.89. The highest BCUT2D eigenvalue weighted by Gasteiger charge is 2.32. The molecular weight excluding hydrogens is 420 g/mol. The Labute approximate surface area is 192 Å². The maximum Gasteiger partial charge on any atom is 0.290 e.